The summed E-state index contributed by atoms with van der Waals surface area (Å²) in [6, 6.07) is 4.68. The predicted molar refractivity (Wildman–Crippen MR) is 67.7 cm³/mol. The molecule has 4 nitrogen and oxygen atoms in total. The Morgan fingerprint density at radius 2 is 2.12 bits per heavy atom. The quantitative estimate of drug-likeness (QED) is 0.861. The van der Waals surface area contributed by atoms with E-state index in [1.54, 1.807) is 26.0 Å². The van der Waals surface area contributed by atoms with Crippen LogP contribution in [0.15, 0.2) is 23.1 Å². The lowest BCUT2D eigenvalue weighted by molar-refractivity contribution is 0.174. The van der Waals surface area contributed by atoms with Crippen molar-refractivity contribution in [3.05, 3.63) is 28.8 Å². The smallest absolute Gasteiger partial charge is 0.240 e. The van der Waals surface area contributed by atoms with Crippen LogP contribution in [0.2, 0.25) is 5.02 Å². The first-order valence-electron chi connectivity index (χ1n) is 5.30. The second-order valence-electron chi connectivity index (χ2n) is 3.82. The molecule has 1 aromatic carbocycles. The fourth-order valence-corrected chi connectivity index (χ4v) is 2.87. The summed E-state index contributed by atoms with van der Waals surface area (Å²) >= 11 is 5.77. The molecule has 1 atom stereocenters. The third kappa shape index (κ3) is 3.96. The van der Waals surface area contributed by atoms with Gasteiger partial charge in [0.25, 0.3) is 0 Å². The van der Waals surface area contributed by atoms with E-state index in [0.717, 1.165) is 0 Å². The summed E-state index contributed by atoms with van der Waals surface area (Å²) < 4.78 is 26.2. The maximum atomic E-state index is 11.9. The van der Waals surface area contributed by atoms with Crippen LogP contribution in [0.1, 0.15) is 18.9 Å². The van der Waals surface area contributed by atoms with Crippen molar-refractivity contribution in [1.29, 1.82) is 0 Å². The molecule has 2 N–H and O–H groups in total. The monoisotopic (exact) mass is 277 g/mol. The zero-order valence-corrected chi connectivity index (χ0v) is 11.3. The molecule has 0 heterocycles. The van der Waals surface area contributed by atoms with E-state index in [9.17, 15) is 13.5 Å². The number of aryl methyl sites for hydroxylation is 1. The first-order valence-corrected chi connectivity index (χ1v) is 7.17. The van der Waals surface area contributed by atoms with Gasteiger partial charge in [-0.15, -0.1) is 0 Å². The van der Waals surface area contributed by atoms with Gasteiger partial charge in [-0.05, 0) is 31.0 Å². The second-order valence-corrected chi connectivity index (χ2v) is 6.00. The summed E-state index contributed by atoms with van der Waals surface area (Å²) in [5.74, 6) is 0. The Kier molecular flexibility index (Phi) is 4.94. The molecule has 1 aromatic rings. The summed E-state index contributed by atoms with van der Waals surface area (Å²) in [6.45, 7) is 3.48. The molecule has 0 saturated heterocycles. The molecule has 0 aliphatic carbocycles. The molecular weight excluding hydrogens is 262 g/mol. The van der Waals surface area contributed by atoms with Crippen molar-refractivity contribution in [3.8, 4) is 0 Å². The number of halogens is 1. The van der Waals surface area contributed by atoms with Gasteiger partial charge < -0.3 is 5.11 Å². The first-order chi connectivity index (χ1) is 7.86. The highest BCUT2D eigenvalue weighted by molar-refractivity contribution is 7.89. The number of aliphatic hydroxyl groups excluding tert-OH is 1. The minimum atomic E-state index is -3.61. The van der Waals surface area contributed by atoms with Gasteiger partial charge in [0.15, 0.2) is 0 Å². The van der Waals surface area contributed by atoms with Crippen LogP contribution in [0, 0.1) is 6.92 Å². The molecule has 17 heavy (non-hydrogen) atoms. The SMILES string of the molecule is CCC(O)CNS(=O)(=O)c1cc(Cl)ccc1C. The van der Waals surface area contributed by atoms with Crippen LogP contribution in [0.4, 0.5) is 0 Å². The molecule has 96 valence electrons. The molecule has 0 aromatic heterocycles. The van der Waals surface area contributed by atoms with E-state index in [-0.39, 0.29) is 11.4 Å². The standard InChI is InChI=1S/C11H16ClNO3S/c1-3-10(14)7-13-17(15,16)11-6-9(12)5-4-8(11)2/h4-6,10,13-14H,3,7H2,1-2H3. The normalized spacial score (nSPS) is 13.6. The summed E-state index contributed by atoms with van der Waals surface area (Å²) in [7, 11) is -3.61. The Morgan fingerprint density at radius 1 is 1.47 bits per heavy atom. The summed E-state index contributed by atoms with van der Waals surface area (Å²) in [6.07, 6.45) is -0.180. The fraction of sp³-hybridized carbons (Fsp3) is 0.455. The van der Waals surface area contributed by atoms with Gasteiger partial charge in [-0.25, -0.2) is 13.1 Å². The van der Waals surface area contributed by atoms with Crippen molar-refractivity contribution in [1.82, 2.24) is 4.72 Å². The molecule has 0 saturated carbocycles. The number of sulfonamides is 1. The predicted octanol–water partition coefficient (Wildman–Crippen LogP) is 1.70. The van der Waals surface area contributed by atoms with Crippen LogP contribution in [-0.4, -0.2) is 26.2 Å². The van der Waals surface area contributed by atoms with Crippen molar-refractivity contribution in [2.45, 2.75) is 31.3 Å². The van der Waals surface area contributed by atoms with Gasteiger partial charge in [-0.3, -0.25) is 0 Å². The topological polar surface area (TPSA) is 66.4 Å². The lowest BCUT2D eigenvalue weighted by Crippen LogP contribution is -2.32. The van der Waals surface area contributed by atoms with E-state index < -0.39 is 16.1 Å². The third-order valence-electron chi connectivity index (χ3n) is 2.42. The zero-order chi connectivity index (χ0) is 13.1. The van der Waals surface area contributed by atoms with Crippen molar-refractivity contribution >= 4 is 21.6 Å². The van der Waals surface area contributed by atoms with E-state index in [4.69, 9.17) is 11.6 Å². The molecule has 0 bridgehead atoms. The Labute approximate surface area is 107 Å². The van der Waals surface area contributed by atoms with Crippen LogP contribution < -0.4 is 4.72 Å². The van der Waals surface area contributed by atoms with Gasteiger partial charge >= 0.3 is 0 Å². The van der Waals surface area contributed by atoms with Crippen molar-refractivity contribution in [2.24, 2.45) is 0 Å². The summed E-state index contributed by atoms with van der Waals surface area (Å²) in [5.41, 5.74) is 0.618. The van der Waals surface area contributed by atoms with Crippen LogP contribution in [0.25, 0.3) is 0 Å². The number of hydrogen-bond donors (Lipinski definition) is 2. The molecule has 0 spiro atoms. The molecule has 0 radical (unpaired) electrons. The minimum Gasteiger partial charge on any atom is -0.392 e. The van der Waals surface area contributed by atoms with Crippen LogP contribution >= 0.6 is 11.6 Å². The van der Waals surface area contributed by atoms with E-state index in [2.05, 4.69) is 4.72 Å². The van der Waals surface area contributed by atoms with E-state index >= 15 is 0 Å². The number of aliphatic hydroxyl groups is 1. The number of rotatable bonds is 5. The summed E-state index contributed by atoms with van der Waals surface area (Å²) in [5, 5.41) is 9.71. The maximum absolute atomic E-state index is 11.9. The van der Waals surface area contributed by atoms with Crippen LogP contribution in [-0.2, 0) is 10.0 Å². The van der Waals surface area contributed by atoms with Gasteiger partial charge in [0.2, 0.25) is 10.0 Å². The minimum absolute atomic E-state index is 0.00475. The molecule has 0 aliphatic heterocycles. The Balaban J connectivity index is 2.93. The first kappa shape index (κ1) is 14.4. The molecule has 1 rings (SSSR count). The van der Waals surface area contributed by atoms with Crippen molar-refractivity contribution < 1.29 is 13.5 Å². The molecule has 0 amide bonds. The van der Waals surface area contributed by atoms with E-state index in [1.807, 2.05) is 0 Å². The Morgan fingerprint density at radius 3 is 2.71 bits per heavy atom. The number of hydrogen-bond acceptors (Lipinski definition) is 3. The highest BCUT2D eigenvalue weighted by atomic mass is 35.5. The van der Waals surface area contributed by atoms with Crippen LogP contribution in [0.5, 0.6) is 0 Å². The van der Waals surface area contributed by atoms with Gasteiger partial charge in [0.05, 0.1) is 11.0 Å². The Bertz CT molecular complexity index is 487. The lowest BCUT2D eigenvalue weighted by atomic mass is 10.2. The van der Waals surface area contributed by atoms with E-state index in [1.165, 1.54) is 6.07 Å². The average Bonchev–Trinajstić information content (AvgIpc) is 2.29. The highest BCUT2D eigenvalue weighted by Gasteiger charge is 2.17. The third-order valence-corrected chi connectivity index (χ3v) is 4.22. The molecule has 1 unspecified atom stereocenters. The van der Waals surface area contributed by atoms with Gasteiger partial charge in [0, 0.05) is 11.6 Å². The zero-order valence-electron chi connectivity index (χ0n) is 9.77. The molecule has 0 fully saturated rings. The van der Waals surface area contributed by atoms with Gasteiger partial charge in [0.1, 0.15) is 0 Å². The van der Waals surface area contributed by atoms with Crippen molar-refractivity contribution in [3.63, 3.8) is 0 Å². The molecule has 6 heteroatoms. The highest BCUT2D eigenvalue weighted by Crippen LogP contribution is 2.19. The fourth-order valence-electron chi connectivity index (χ4n) is 1.29. The maximum Gasteiger partial charge on any atom is 0.240 e. The largest absolute Gasteiger partial charge is 0.392 e. The summed E-state index contributed by atoms with van der Waals surface area (Å²) in [4.78, 5) is 0.147. The lowest BCUT2D eigenvalue weighted by Gasteiger charge is -2.12. The number of nitrogens with one attached hydrogen (secondary N) is 1. The van der Waals surface area contributed by atoms with E-state index in [0.29, 0.717) is 17.0 Å². The average molecular weight is 278 g/mol. The van der Waals surface area contributed by atoms with Crippen LogP contribution in [0.3, 0.4) is 0 Å². The second kappa shape index (κ2) is 5.82. The molecule has 0 aliphatic rings. The van der Waals surface area contributed by atoms with Gasteiger partial charge in [-0.1, -0.05) is 24.6 Å². The van der Waals surface area contributed by atoms with Gasteiger partial charge in [-0.2, -0.15) is 0 Å². The number of benzene rings is 1. The Hall–Kier alpha value is -0.620. The van der Waals surface area contributed by atoms with Crippen molar-refractivity contribution in [2.75, 3.05) is 6.54 Å². The molecular formula is C11H16ClNO3S.